The molecular weight excluding hydrogens is 380 g/mol. The first-order valence-electron chi connectivity index (χ1n) is 10.6. The van der Waals surface area contributed by atoms with Gasteiger partial charge in [0.2, 0.25) is 0 Å². The Morgan fingerprint density at radius 2 is 1.39 bits per heavy atom. The molecule has 0 fully saturated rings. The van der Waals surface area contributed by atoms with Crippen LogP contribution in [0.25, 0.3) is 0 Å². The molecule has 152 valence electrons. The lowest BCUT2D eigenvalue weighted by Gasteiger charge is -2.28. The Bertz CT molecular complexity index is 1180. The second-order valence-corrected chi connectivity index (χ2v) is 7.46. The van der Waals surface area contributed by atoms with Gasteiger partial charge in [-0.1, -0.05) is 66.7 Å². The molecule has 0 radical (unpaired) electrons. The average Bonchev–Trinajstić information content (AvgIpc) is 3.16. The van der Waals surface area contributed by atoms with E-state index < -0.39 is 0 Å². The molecule has 0 aliphatic carbocycles. The van der Waals surface area contributed by atoms with Crippen LogP contribution in [-0.4, -0.2) is 12.3 Å². The van der Waals surface area contributed by atoms with Gasteiger partial charge in [0, 0.05) is 11.3 Å². The maximum Gasteiger partial charge on any atom is 0.119 e. The summed E-state index contributed by atoms with van der Waals surface area (Å²) >= 11 is 0. The van der Waals surface area contributed by atoms with Crippen LogP contribution in [-0.2, 0) is 0 Å². The van der Waals surface area contributed by atoms with Crippen molar-refractivity contribution in [2.24, 2.45) is 4.99 Å². The molecule has 31 heavy (non-hydrogen) atoms. The Balaban J connectivity index is 1.68. The number of para-hydroxylation sites is 2. The predicted molar refractivity (Wildman–Crippen MR) is 128 cm³/mol. The lowest BCUT2D eigenvalue weighted by molar-refractivity contribution is 0.340. The molecule has 0 saturated heterocycles. The fraction of sp³-hybridized carbons (Fsp3) is 0.107. The normalized spacial score (nSPS) is 16.4. The molecule has 1 atom stereocenters. The summed E-state index contributed by atoms with van der Waals surface area (Å²) in [5.41, 5.74) is 6.67. The van der Waals surface area contributed by atoms with Crippen LogP contribution in [0.1, 0.15) is 24.1 Å². The van der Waals surface area contributed by atoms with Gasteiger partial charge in [-0.3, -0.25) is 4.99 Å². The zero-order valence-corrected chi connectivity index (χ0v) is 17.5. The van der Waals surface area contributed by atoms with Crippen LogP contribution in [0.2, 0.25) is 0 Å². The number of nitrogens with zero attached hydrogens (tertiary/aromatic N) is 2. The zero-order chi connectivity index (χ0) is 21.0. The van der Waals surface area contributed by atoms with Gasteiger partial charge in [-0.15, -0.1) is 0 Å². The number of aliphatic imine (C=N–C) groups is 1. The first-order valence-corrected chi connectivity index (χ1v) is 10.6. The molecule has 1 aliphatic rings. The van der Waals surface area contributed by atoms with Gasteiger partial charge < -0.3 is 9.64 Å². The summed E-state index contributed by atoms with van der Waals surface area (Å²) in [7, 11) is 0. The van der Waals surface area contributed by atoms with Crippen molar-refractivity contribution in [2.75, 3.05) is 11.5 Å². The van der Waals surface area contributed by atoms with E-state index in [1.165, 1.54) is 11.3 Å². The fourth-order valence-corrected chi connectivity index (χ4v) is 4.17. The summed E-state index contributed by atoms with van der Waals surface area (Å²) in [5, 5.41) is 0. The minimum Gasteiger partial charge on any atom is -0.494 e. The van der Waals surface area contributed by atoms with Gasteiger partial charge in [0.1, 0.15) is 11.8 Å². The van der Waals surface area contributed by atoms with Gasteiger partial charge in [-0.25, -0.2) is 0 Å². The Morgan fingerprint density at radius 3 is 2.10 bits per heavy atom. The van der Waals surface area contributed by atoms with Crippen LogP contribution in [0, 0.1) is 0 Å². The number of anilines is 2. The van der Waals surface area contributed by atoms with E-state index in [2.05, 4.69) is 89.8 Å². The van der Waals surface area contributed by atoms with Gasteiger partial charge in [0.25, 0.3) is 0 Å². The van der Waals surface area contributed by atoms with E-state index in [1.54, 1.807) is 0 Å². The fourth-order valence-electron chi connectivity index (χ4n) is 4.17. The van der Waals surface area contributed by atoms with Crippen molar-refractivity contribution >= 4 is 22.8 Å². The lowest BCUT2D eigenvalue weighted by Crippen LogP contribution is -2.23. The van der Waals surface area contributed by atoms with Gasteiger partial charge >= 0.3 is 0 Å². The van der Waals surface area contributed by atoms with Gasteiger partial charge in [0.05, 0.1) is 23.7 Å². The number of fused-ring (bicyclic) bond motifs is 1. The second kappa shape index (κ2) is 8.49. The molecule has 0 spiro atoms. The standard InChI is InChI=1S/C28H24N2O/c1-2-31-24-19-17-22(18-20-24)29-27-25-15-9-10-16-26(25)30(23-13-7-4-8-14-23)28(27)21-11-5-3-6-12-21/h3-20,28H,2H2,1H3. The molecule has 4 aromatic rings. The SMILES string of the molecule is CCOc1ccc(N=C2c3ccccc3N(c3ccccc3)C2c2ccccc2)cc1. The molecule has 1 aliphatic heterocycles. The Kier molecular flexibility index (Phi) is 5.24. The third kappa shape index (κ3) is 3.71. The van der Waals surface area contributed by atoms with Gasteiger partial charge in [-0.2, -0.15) is 0 Å². The second-order valence-electron chi connectivity index (χ2n) is 7.46. The van der Waals surface area contributed by atoms with E-state index in [0.29, 0.717) is 6.61 Å². The largest absolute Gasteiger partial charge is 0.494 e. The molecule has 0 bridgehead atoms. The number of rotatable bonds is 5. The van der Waals surface area contributed by atoms with Crippen LogP contribution in [0.5, 0.6) is 5.75 Å². The van der Waals surface area contributed by atoms with Crippen LogP contribution in [0.3, 0.4) is 0 Å². The van der Waals surface area contributed by atoms with Gasteiger partial charge in [-0.05, 0) is 55.0 Å². The third-order valence-corrected chi connectivity index (χ3v) is 5.50. The third-order valence-electron chi connectivity index (χ3n) is 5.50. The molecule has 1 unspecified atom stereocenters. The highest BCUT2D eigenvalue weighted by atomic mass is 16.5. The van der Waals surface area contributed by atoms with Crippen molar-refractivity contribution in [1.82, 2.24) is 0 Å². The number of ether oxygens (including phenoxy) is 1. The predicted octanol–water partition coefficient (Wildman–Crippen LogP) is 7.10. The van der Waals surface area contributed by atoms with Gasteiger partial charge in [0.15, 0.2) is 0 Å². The molecule has 4 aromatic carbocycles. The minimum atomic E-state index is -0.00688. The summed E-state index contributed by atoms with van der Waals surface area (Å²) in [4.78, 5) is 7.54. The molecule has 3 nitrogen and oxygen atoms in total. The summed E-state index contributed by atoms with van der Waals surface area (Å²) < 4.78 is 5.60. The maximum absolute atomic E-state index is 5.60. The summed E-state index contributed by atoms with van der Waals surface area (Å²) in [6.45, 7) is 2.65. The monoisotopic (exact) mass is 404 g/mol. The van der Waals surface area contributed by atoms with Crippen molar-refractivity contribution in [2.45, 2.75) is 13.0 Å². The van der Waals surface area contributed by atoms with Crippen molar-refractivity contribution in [3.63, 3.8) is 0 Å². The molecule has 0 aromatic heterocycles. The maximum atomic E-state index is 5.60. The van der Waals surface area contributed by atoms with Crippen molar-refractivity contribution in [3.8, 4) is 5.75 Å². The van der Waals surface area contributed by atoms with Crippen LogP contribution in [0.4, 0.5) is 17.1 Å². The highest BCUT2D eigenvalue weighted by molar-refractivity contribution is 6.17. The molecular formula is C28H24N2O. The minimum absolute atomic E-state index is 0.00688. The first kappa shape index (κ1) is 19.1. The quantitative estimate of drug-likeness (QED) is 0.354. The first-order chi connectivity index (χ1) is 15.3. The summed E-state index contributed by atoms with van der Waals surface area (Å²) in [6, 6.07) is 37.7. The van der Waals surface area contributed by atoms with Crippen LogP contribution in [0.15, 0.2) is 114 Å². The van der Waals surface area contributed by atoms with Crippen molar-refractivity contribution in [1.29, 1.82) is 0 Å². The smallest absolute Gasteiger partial charge is 0.119 e. The van der Waals surface area contributed by atoms with E-state index in [0.717, 1.165) is 28.4 Å². The highest BCUT2D eigenvalue weighted by Gasteiger charge is 2.37. The Labute approximate surface area is 183 Å². The molecule has 0 amide bonds. The molecule has 0 N–H and O–H groups in total. The van der Waals surface area contributed by atoms with Crippen LogP contribution >= 0.6 is 0 Å². The highest BCUT2D eigenvalue weighted by Crippen LogP contribution is 2.46. The Morgan fingerprint density at radius 1 is 0.742 bits per heavy atom. The molecule has 1 heterocycles. The zero-order valence-electron chi connectivity index (χ0n) is 17.5. The van der Waals surface area contributed by atoms with E-state index in [9.17, 15) is 0 Å². The van der Waals surface area contributed by atoms with E-state index in [4.69, 9.17) is 9.73 Å². The lowest BCUT2D eigenvalue weighted by atomic mass is 9.99. The van der Waals surface area contributed by atoms with E-state index in [1.807, 2.05) is 31.2 Å². The number of benzene rings is 4. The Hall–Kier alpha value is -3.85. The van der Waals surface area contributed by atoms with Crippen LogP contribution < -0.4 is 9.64 Å². The van der Waals surface area contributed by atoms with Crippen molar-refractivity contribution in [3.05, 3.63) is 120 Å². The topological polar surface area (TPSA) is 24.8 Å². The summed E-state index contributed by atoms with van der Waals surface area (Å²) in [6.07, 6.45) is 0. The summed E-state index contributed by atoms with van der Waals surface area (Å²) in [5.74, 6) is 0.865. The molecule has 0 saturated carbocycles. The molecule has 5 rings (SSSR count). The average molecular weight is 405 g/mol. The molecule has 3 heteroatoms. The van der Waals surface area contributed by atoms with Crippen molar-refractivity contribution < 1.29 is 4.74 Å². The van der Waals surface area contributed by atoms with E-state index in [-0.39, 0.29) is 6.04 Å². The number of hydrogen-bond acceptors (Lipinski definition) is 3. The van der Waals surface area contributed by atoms with E-state index >= 15 is 0 Å². The number of hydrogen-bond donors (Lipinski definition) is 0.